The molecule has 2 fully saturated rings. The lowest BCUT2D eigenvalue weighted by molar-refractivity contribution is -0.122. The number of oxazole rings is 1. The highest BCUT2D eigenvalue weighted by Crippen LogP contribution is 2.33. The van der Waals surface area contributed by atoms with Crippen LogP contribution in [0.4, 0.5) is 6.01 Å². The van der Waals surface area contributed by atoms with Gasteiger partial charge in [-0.2, -0.15) is 4.98 Å². The second kappa shape index (κ2) is 8.84. The van der Waals surface area contributed by atoms with Crippen LogP contribution in [0, 0.1) is 5.92 Å². The number of methoxy groups -OCH3 is 1. The molecule has 1 unspecified atom stereocenters. The highest BCUT2D eigenvalue weighted by atomic mass is 16.5. The minimum atomic E-state index is 0.132. The molecule has 1 saturated carbocycles. The number of anilines is 1. The Morgan fingerprint density at radius 1 is 1.33 bits per heavy atom. The van der Waals surface area contributed by atoms with Gasteiger partial charge >= 0.3 is 0 Å². The lowest BCUT2D eigenvalue weighted by Crippen LogP contribution is -2.51. The minimum absolute atomic E-state index is 0.132. The SMILES string of the molecule is COc1ccc2oc(N3CCCC(CC(=O)NCC4(N(C)C)CCCC4)C3)nc2c1. The van der Waals surface area contributed by atoms with E-state index in [1.165, 1.54) is 25.7 Å². The van der Waals surface area contributed by atoms with Crippen LogP contribution in [-0.4, -0.2) is 62.2 Å². The van der Waals surface area contributed by atoms with Crippen molar-refractivity contribution >= 4 is 23.0 Å². The van der Waals surface area contributed by atoms with Gasteiger partial charge in [-0.1, -0.05) is 12.8 Å². The lowest BCUT2D eigenvalue weighted by atomic mass is 9.93. The van der Waals surface area contributed by atoms with Gasteiger partial charge in [0, 0.05) is 37.7 Å². The Morgan fingerprint density at radius 3 is 2.87 bits per heavy atom. The molecule has 0 spiro atoms. The molecule has 1 aliphatic carbocycles. The highest BCUT2D eigenvalue weighted by molar-refractivity contribution is 5.77. The van der Waals surface area contributed by atoms with E-state index in [-0.39, 0.29) is 11.4 Å². The molecule has 1 aromatic heterocycles. The molecule has 1 N–H and O–H groups in total. The second-order valence-corrected chi connectivity index (χ2v) is 9.09. The highest BCUT2D eigenvalue weighted by Gasteiger charge is 2.36. The van der Waals surface area contributed by atoms with E-state index < -0.39 is 0 Å². The van der Waals surface area contributed by atoms with Crippen LogP contribution < -0.4 is 15.0 Å². The van der Waals surface area contributed by atoms with Crippen molar-refractivity contribution in [3.63, 3.8) is 0 Å². The summed E-state index contributed by atoms with van der Waals surface area (Å²) in [6.45, 7) is 2.46. The topological polar surface area (TPSA) is 70.8 Å². The summed E-state index contributed by atoms with van der Waals surface area (Å²) in [5.41, 5.74) is 1.69. The Labute approximate surface area is 178 Å². The first-order valence-electron chi connectivity index (χ1n) is 11.1. The van der Waals surface area contributed by atoms with Gasteiger partial charge in [0.2, 0.25) is 5.91 Å². The number of likely N-dealkylation sites (N-methyl/N-ethyl adjacent to an activating group) is 1. The second-order valence-electron chi connectivity index (χ2n) is 9.09. The Kier molecular flexibility index (Phi) is 6.18. The fourth-order valence-electron chi connectivity index (χ4n) is 4.98. The Hall–Kier alpha value is -2.28. The maximum absolute atomic E-state index is 12.7. The molecule has 2 aromatic rings. The van der Waals surface area contributed by atoms with Gasteiger partial charge in [-0.15, -0.1) is 0 Å². The maximum atomic E-state index is 12.7. The molecule has 0 radical (unpaired) electrons. The predicted molar refractivity (Wildman–Crippen MR) is 118 cm³/mol. The van der Waals surface area contributed by atoms with Crippen molar-refractivity contribution in [3.8, 4) is 5.75 Å². The van der Waals surface area contributed by atoms with Gasteiger partial charge in [0.1, 0.15) is 11.3 Å². The minimum Gasteiger partial charge on any atom is -0.497 e. The quantitative estimate of drug-likeness (QED) is 0.748. The number of ether oxygens (including phenoxy) is 1. The molecule has 2 heterocycles. The molecule has 1 atom stereocenters. The number of nitrogens with one attached hydrogen (secondary N) is 1. The van der Waals surface area contributed by atoms with Crippen molar-refractivity contribution < 1.29 is 13.9 Å². The summed E-state index contributed by atoms with van der Waals surface area (Å²) in [5, 5.41) is 3.23. The number of carbonyl (C=O) groups is 1. The number of nitrogens with zero attached hydrogens (tertiary/aromatic N) is 3. The number of hydrogen-bond acceptors (Lipinski definition) is 6. The molecule has 7 heteroatoms. The van der Waals surface area contributed by atoms with Gasteiger partial charge < -0.3 is 24.3 Å². The number of fused-ring (bicyclic) bond motifs is 1. The van der Waals surface area contributed by atoms with E-state index in [4.69, 9.17) is 9.15 Å². The summed E-state index contributed by atoms with van der Waals surface area (Å²) in [4.78, 5) is 21.8. The van der Waals surface area contributed by atoms with E-state index in [2.05, 4.69) is 34.2 Å². The molecule has 1 aliphatic heterocycles. The fourth-order valence-corrected chi connectivity index (χ4v) is 4.98. The van der Waals surface area contributed by atoms with Crippen LogP contribution in [0.2, 0.25) is 0 Å². The van der Waals surface area contributed by atoms with Crippen LogP contribution in [-0.2, 0) is 4.79 Å². The number of benzene rings is 1. The van der Waals surface area contributed by atoms with Gasteiger partial charge in [-0.25, -0.2) is 0 Å². The molecule has 1 amide bonds. The van der Waals surface area contributed by atoms with E-state index in [1.807, 2.05) is 18.2 Å². The van der Waals surface area contributed by atoms with Crippen LogP contribution in [0.25, 0.3) is 11.1 Å². The molecule has 0 bridgehead atoms. The van der Waals surface area contributed by atoms with Crippen molar-refractivity contribution in [1.29, 1.82) is 0 Å². The molecular formula is C23H34N4O3. The van der Waals surface area contributed by atoms with E-state index in [9.17, 15) is 4.79 Å². The van der Waals surface area contributed by atoms with E-state index in [0.717, 1.165) is 49.3 Å². The Morgan fingerprint density at radius 2 is 2.13 bits per heavy atom. The van der Waals surface area contributed by atoms with Gasteiger partial charge in [0.25, 0.3) is 6.01 Å². The summed E-state index contributed by atoms with van der Waals surface area (Å²) < 4.78 is 11.2. The zero-order valence-electron chi connectivity index (χ0n) is 18.4. The molecule has 2 aliphatic rings. The smallest absolute Gasteiger partial charge is 0.298 e. The molecule has 4 rings (SSSR count). The Balaban J connectivity index is 1.34. The van der Waals surface area contributed by atoms with Crippen LogP contribution in [0.5, 0.6) is 5.75 Å². The average Bonchev–Trinajstić information content (AvgIpc) is 3.40. The third-order valence-electron chi connectivity index (χ3n) is 6.94. The first-order valence-corrected chi connectivity index (χ1v) is 11.1. The molecule has 30 heavy (non-hydrogen) atoms. The summed E-state index contributed by atoms with van der Waals surface area (Å²) >= 11 is 0. The summed E-state index contributed by atoms with van der Waals surface area (Å²) in [7, 11) is 5.91. The zero-order chi connectivity index (χ0) is 21.1. The normalized spacial score (nSPS) is 21.3. The third kappa shape index (κ3) is 4.41. The number of aromatic nitrogens is 1. The molecule has 1 saturated heterocycles. The lowest BCUT2D eigenvalue weighted by Gasteiger charge is -2.37. The molecule has 164 valence electrons. The van der Waals surface area contributed by atoms with Crippen molar-refractivity contribution in [1.82, 2.24) is 15.2 Å². The van der Waals surface area contributed by atoms with E-state index in [1.54, 1.807) is 7.11 Å². The van der Waals surface area contributed by atoms with Crippen molar-refractivity contribution in [2.45, 2.75) is 50.5 Å². The van der Waals surface area contributed by atoms with E-state index >= 15 is 0 Å². The molecule has 1 aromatic carbocycles. The van der Waals surface area contributed by atoms with Crippen LogP contribution in [0.15, 0.2) is 22.6 Å². The molecule has 7 nitrogen and oxygen atoms in total. The number of rotatable bonds is 7. The number of amides is 1. The maximum Gasteiger partial charge on any atom is 0.298 e. The van der Waals surface area contributed by atoms with Gasteiger partial charge in [0.05, 0.1) is 7.11 Å². The van der Waals surface area contributed by atoms with Crippen LogP contribution in [0.3, 0.4) is 0 Å². The predicted octanol–water partition coefficient (Wildman–Crippen LogP) is 3.43. The van der Waals surface area contributed by atoms with Crippen LogP contribution in [0.1, 0.15) is 44.9 Å². The van der Waals surface area contributed by atoms with Crippen molar-refractivity contribution in [3.05, 3.63) is 18.2 Å². The monoisotopic (exact) mass is 414 g/mol. The number of carbonyl (C=O) groups excluding carboxylic acids is 1. The first-order chi connectivity index (χ1) is 14.5. The zero-order valence-corrected chi connectivity index (χ0v) is 18.4. The average molecular weight is 415 g/mol. The van der Waals surface area contributed by atoms with Crippen LogP contribution >= 0.6 is 0 Å². The third-order valence-corrected chi connectivity index (χ3v) is 6.94. The molecular weight excluding hydrogens is 380 g/mol. The standard InChI is InChI=1S/C23H34N4O3/c1-26(2)23(10-4-5-11-23)16-24-21(28)13-17-7-6-12-27(15-17)22-25-19-14-18(29-3)8-9-20(19)30-22/h8-9,14,17H,4-7,10-13,15-16H2,1-3H3,(H,24,28). The number of hydrogen-bond donors (Lipinski definition) is 1. The largest absolute Gasteiger partial charge is 0.497 e. The van der Waals surface area contributed by atoms with Gasteiger partial charge in [0.15, 0.2) is 5.58 Å². The fraction of sp³-hybridized carbons (Fsp3) is 0.652. The van der Waals surface area contributed by atoms with Crippen molar-refractivity contribution in [2.24, 2.45) is 5.92 Å². The summed E-state index contributed by atoms with van der Waals surface area (Å²) in [6, 6.07) is 6.30. The summed E-state index contributed by atoms with van der Waals surface area (Å²) in [5.74, 6) is 1.26. The first kappa shape index (κ1) is 21.0. The summed E-state index contributed by atoms with van der Waals surface area (Å²) in [6.07, 6.45) is 7.51. The Bertz CT molecular complexity index is 872. The number of piperidine rings is 1. The van der Waals surface area contributed by atoms with Gasteiger partial charge in [-0.3, -0.25) is 4.79 Å². The van der Waals surface area contributed by atoms with E-state index in [0.29, 0.717) is 18.4 Å². The van der Waals surface area contributed by atoms with Gasteiger partial charge in [-0.05, 0) is 57.8 Å². The van der Waals surface area contributed by atoms with Crippen molar-refractivity contribution in [2.75, 3.05) is 45.7 Å².